The van der Waals surface area contributed by atoms with Gasteiger partial charge in [0.1, 0.15) is 0 Å². The van der Waals surface area contributed by atoms with Gasteiger partial charge in [0, 0.05) is 13.0 Å². The van der Waals surface area contributed by atoms with Gasteiger partial charge in [0.05, 0.1) is 0 Å². The van der Waals surface area contributed by atoms with Crippen molar-refractivity contribution in [3.63, 3.8) is 0 Å². The topological polar surface area (TPSA) is 85.4 Å². The molecule has 198 valence electrons. The fourth-order valence-electron chi connectivity index (χ4n) is 4.11. The molecule has 1 aromatic heterocycles. The predicted molar refractivity (Wildman–Crippen MR) is 148 cm³/mol. The number of nitrogens with zero attached hydrogens (tertiary/aromatic N) is 2. The number of benzene rings is 1. The van der Waals surface area contributed by atoms with Crippen molar-refractivity contribution in [3.8, 4) is 11.5 Å². The molecular weight excluding hydrogens is 472 g/mol. The summed E-state index contributed by atoms with van der Waals surface area (Å²) in [7, 11) is 0. The Kier molecular flexibility index (Phi) is 13.2. The van der Waals surface area contributed by atoms with E-state index in [1.54, 1.807) is 0 Å². The maximum absolute atomic E-state index is 12.2. The van der Waals surface area contributed by atoms with Crippen LogP contribution in [0.4, 0.5) is 10.3 Å². The zero-order valence-electron chi connectivity index (χ0n) is 21.7. The molecule has 2 heterocycles. The third kappa shape index (κ3) is 11.0. The molecule has 1 aliphatic rings. The predicted octanol–water partition coefficient (Wildman–Crippen LogP) is 7.85. The minimum Gasteiger partial charge on any atom is -0.454 e. The van der Waals surface area contributed by atoms with Crippen LogP contribution in [0.2, 0.25) is 0 Å². The van der Waals surface area contributed by atoms with Gasteiger partial charge in [0.25, 0.3) is 0 Å². The first-order valence-electron chi connectivity index (χ1n) is 13.7. The quantitative estimate of drug-likeness (QED) is 0.147. The number of carbonyl (C=O) groups excluding carboxylic acids is 1. The van der Waals surface area contributed by atoms with Crippen LogP contribution in [0, 0.1) is 0 Å². The molecule has 1 aliphatic heterocycles. The van der Waals surface area contributed by atoms with E-state index in [1.165, 1.54) is 82.0 Å². The lowest BCUT2D eigenvalue weighted by molar-refractivity contribution is -0.116. The molecule has 1 aromatic carbocycles. The zero-order chi connectivity index (χ0) is 25.3. The summed E-state index contributed by atoms with van der Waals surface area (Å²) in [5.74, 6) is 1.53. The fourth-order valence-corrected chi connectivity index (χ4v) is 4.77. The summed E-state index contributed by atoms with van der Waals surface area (Å²) in [6, 6.07) is 5.84. The number of unbranched alkanes of at least 4 members (excludes halogenated alkanes) is 11. The Morgan fingerprint density at radius 2 is 1.56 bits per heavy atom. The third-order valence-electron chi connectivity index (χ3n) is 6.22. The number of nitrogens with one attached hydrogen (secondary N) is 2. The molecule has 3 rings (SSSR count). The van der Waals surface area contributed by atoms with Crippen LogP contribution in [0.15, 0.2) is 30.4 Å². The number of allylic oxidation sites excluding steroid dienone is 2. The number of ether oxygens (including phenoxy) is 2. The number of carbonyl (C=O) groups is 1. The van der Waals surface area contributed by atoms with Gasteiger partial charge in [-0.25, -0.2) is 0 Å². The maximum atomic E-state index is 12.2. The third-order valence-corrected chi connectivity index (χ3v) is 7.01. The second-order valence-corrected chi connectivity index (χ2v) is 10.3. The molecule has 0 radical (unpaired) electrons. The van der Waals surface area contributed by atoms with Gasteiger partial charge in [-0.3, -0.25) is 4.79 Å². The molecule has 8 heteroatoms. The summed E-state index contributed by atoms with van der Waals surface area (Å²) in [6.07, 6.45) is 21.5. The van der Waals surface area contributed by atoms with Gasteiger partial charge in [0.2, 0.25) is 23.0 Å². The first kappa shape index (κ1) is 28.0. The molecule has 0 bridgehead atoms. The van der Waals surface area contributed by atoms with Crippen molar-refractivity contribution in [2.75, 3.05) is 17.4 Å². The summed E-state index contributed by atoms with van der Waals surface area (Å²) >= 11 is 1.34. The van der Waals surface area contributed by atoms with Crippen LogP contribution in [-0.4, -0.2) is 22.9 Å². The van der Waals surface area contributed by atoms with E-state index in [0.29, 0.717) is 23.2 Å². The van der Waals surface area contributed by atoms with Gasteiger partial charge < -0.3 is 20.1 Å². The van der Waals surface area contributed by atoms with E-state index in [9.17, 15) is 4.79 Å². The number of amides is 1. The van der Waals surface area contributed by atoms with Crippen molar-refractivity contribution in [2.45, 2.75) is 103 Å². The van der Waals surface area contributed by atoms with Gasteiger partial charge in [-0.2, -0.15) is 0 Å². The van der Waals surface area contributed by atoms with Gasteiger partial charge in [0.15, 0.2) is 11.5 Å². The van der Waals surface area contributed by atoms with Crippen LogP contribution >= 0.6 is 11.3 Å². The fraction of sp³-hybridized carbons (Fsp3) is 0.607. The van der Waals surface area contributed by atoms with Crippen LogP contribution in [-0.2, 0) is 11.3 Å². The summed E-state index contributed by atoms with van der Waals surface area (Å²) in [4.78, 5) is 12.2. The largest absolute Gasteiger partial charge is 0.454 e. The molecule has 7 nitrogen and oxygen atoms in total. The summed E-state index contributed by atoms with van der Waals surface area (Å²) in [5.41, 5.74) is 1.06. The van der Waals surface area contributed by atoms with E-state index in [0.717, 1.165) is 29.9 Å². The Morgan fingerprint density at radius 3 is 2.33 bits per heavy atom. The van der Waals surface area contributed by atoms with E-state index in [2.05, 4.69) is 39.9 Å². The van der Waals surface area contributed by atoms with E-state index in [-0.39, 0.29) is 12.7 Å². The standard InChI is InChI=1S/C28H42N4O3S/c1-2-3-4-5-6-7-8-9-10-11-12-13-14-15-16-17-26(33)30-28-32-31-27(36-28)29-21-23-18-19-24-25(20-23)35-22-34-24/h9-10,18-20H,2-8,11-17,21-22H2,1H3,(H,29,31)(H,30,32,33)/b10-9+. The van der Waals surface area contributed by atoms with E-state index < -0.39 is 0 Å². The summed E-state index contributed by atoms with van der Waals surface area (Å²) in [5, 5.41) is 15.5. The molecule has 36 heavy (non-hydrogen) atoms. The molecule has 0 fully saturated rings. The molecule has 0 unspecified atom stereocenters. The first-order chi connectivity index (χ1) is 17.7. The van der Waals surface area contributed by atoms with Crippen LogP contribution in [0.3, 0.4) is 0 Å². The van der Waals surface area contributed by atoms with Crippen LogP contribution in [0.1, 0.15) is 102 Å². The maximum Gasteiger partial charge on any atom is 0.231 e. The van der Waals surface area contributed by atoms with Gasteiger partial charge in [-0.1, -0.05) is 87.8 Å². The van der Waals surface area contributed by atoms with Crippen molar-refractivity contribution in [3.05, 3.63) is 35.9 Å². The van der Waals surface area contributed by atoms with E-state index >= 15 is 0 Å². The van der Waals surface area contributed by atoms with Crippen molar-refractivity contribution < 1.29 is 14.3 Å². The molecule has 0 atom stereocenters. The van der Waals surface area contributed by atoms with E-state index in [4.69, 9.17) is 9.47 Å². The first-order valence-corrected chi connectivity index (χ1v) is 14.5. The Labute approximate surface area is 220 Å². The second-order valence-electron chi connectivity index (χ2n) is 9.34. The second kappa shape index (κ2) is 17.0. The Balaban J connectivity index is 1.16. The van der Waals surface area contributed by atoms with Crippen molar-refractivity contribution >= 4 is 27.5 Å². The van der Waals surface area contributed by atoms with Gasteiger partial charge in [-0.15, -0.1) is 10.2 Å². The van der Waals surface area contributed by atoms with E-state index in [1.807, 2.05) is 18.2 Å². The number of hydrogen-bond acceptors (Lipinski definition) is 7. The molecule has 0 saturated carbocycles. The number of aromatic nitrogens is 2. The number of anilines is 2. The van der Waals surface area contributed by atoms with Crippen LogP contribution in [0.5, 0.6) is 11.5 Å². The van der Waals surface area contributed by atoms with Crippen LogP contribution in [0.25, 0.3) is 0 Å². The lowest BCUT2D eigenvalue weighted by Gasteiger charge is -2.03. The minimum absolute atomic E-state index is 0.00565. The SMILES string of the molecule is CCCCCCCC/C=C/CCCCCCCC(=O)Nc1nnc(NCc2ccc3c(c2)OCO3)s1. The Hall–Kier alpha value is -2.61. The zero-order valence-corrected chi connectivity index (χ0v) is 22.5. The highest BCUT2D eigenvalue weighted by Gasteiger charge is 2.13. The average molecular weight is 515 g/mol. The number of rotatable bonds is 19. The summed E-state index contributed by atoms with van der Waals surface area (Å²) in [6.45, 7) is 3.12. The molecule has 2 aromatic rings. The average Bonchev–Trinajstić information content (AvgIpc) is 3.54. The van der Waals surface area contributed by atoms with Gasteiger partial charge >= 0.3 is 0 Å². The Morgan fingerprint density at radius 1 is 0.889 bits per heavy atom. The van der Waals surface area contributed by atoms with Gasteiger partial charge in [-0.05, 0) is 49.8 Å². The van der Waals surface area contributed by atoms with Crippen molar-refractivity contribution in [2.24, 2.45) is 0 Å². The molecular formula is C28H42N4O3S. The highest BCUT2D eigenvalue weighted by atomic mass is 32.1. The highest BCUT2D eigenvalue weighted by molar-refractivity contribution is 7.19. The molecule has 0 spiro atoms. The monoisotopic (exact) mass is 514 g/mol. The van der Waals surface area contributed by atoms with Crippen LogP contribution < -0.4 is 20.1 Å². The molecule has 1 amide bonds. The number of fused-ring (bicyclic) bond motifs is 1. The molecule has 0 aliphatic carbocycles. The number of hydrogen-bond donors (Lipinski definition) is 2. The lowest BCUT2D eigenvalue weighted by atomic mass is 10.1. The molecule has 0 saturated heterocycles. The minimum atomic E-state index is 0.00565. The highest BCUT2D eigenvalue weighted by Crippen LogP contribution is 2.32. The normalized spacial score (nSPS) is 12.4. The summed E-state index contributed by atoms with van der Waals surface area (Å²) < 4.78 is 10.7. The van der Waals surface area contributed by atoms with Crippen molar-refractivity contribution in [1.82, 2.24) is 10.2 Å². The smallest absolute Gasteiger partial charge is 0.231 e. The van der Waals surface area contributed by atoms with Crippen molar-refractivity contribution in [1.29, 1.82) is 0 Å². The lowest BCUT2D eigenvalue weighted by Crippen LogP contribution is -2.10. The molecule has 2 N–H and O–H groups in total. The Bertz CT molecular complexity index is 931.